The maximum absolute atomic E-state index is 13.0. The molecule has 0 bridgehead atoms. The van der Waals surface area contributed by atoms with Crippen LogP contribution in [0.25, 0.3) is 11.0 Å². The van der Waals surface area contributed by atoms with E-state index in [1.165, 1.54) is 7.11 Å². The third kappa shape index (κ3) is 3.57. The number of rotatable bonds is 4. The lowest BCUT2D eigenvalue weighted by Gasteiger charge is -2.32. The Labute approximate surface area is 178 Å². The summed E-state index contributed by atoms with van der Waals surface area (Å²) in [6.45, 7) is 3.56. The summed E-state index contributed by atoms with van der Waals surface area (Å²) in [6, 6.07) is 7.54. The number of H-pyrrole nitrogens is 1. The summed E-state index contributed by atoms with van der Waals surface area (Å²) in [5.41, 5.74) is 8.21. The molecule has 3 heterocycles. The largest absolute Gasteiger partial charge is 0.464 e. The molecule has 0 spiro atoms. The first-order chi connectivity index (χ1) is 14.4. The number of aryl methyl sites for hydroxylation is 1. The number of fused-ring (bicyclic) bond motifs is 1. The van der Waals surface area contributed by atoms with Gasteiger partial charge in [0, 0.05) is 29.7 Å². The molecule has 1 aromatic carbocycles. The third-order valence-electron chi connectivity index (χ3n) is 5.55. The van der Waals surface area contributed by atoms with Gasteiger partial charge in [-0.3, -0.25) is 4.79 Å². The van der Waals surface area contributed by atoms with Gasteiger partial charge < -0.3 is 24.9 Å². The van der Waals surface area contributed by atoms with Crippen LogP contribution in [0.2, 0.25) is 5.02 Å². The quantitative estimate of drug-likeness (QED) is 0.617. The number of nitrogens with zero attached hydrogens (tertiary/aromatic N) is 3. The van der Waals surface area contributed by atoms with Gasteiger partial charge in [-0.15, -0.1) is 0 Å². The molecule has 3 aromatic rings. The molecule has 1 aliphatic rings. The summed E-state index contributed by atoms with van der Waals surface area (Å²) in [7, 11) is 1.28. The zero-order chi connectivity index (χ0) is 21.4. The van der Waals surface area contributed by atoms with Crippen LogP contribution in [0.5, 0.6) is 0 Å². The molecule has 0 radical (unpaired) electrons. The summed E-state index contributed by atoms with van der Waals surface area (Å²) < 4.78 is 6.67. The van der Waals surface area contributed by atoms with Crippen molar-refractivity contribution in [3.63, 3.8) is 0 Å². The van der Waals surface area contributed by atoms with Gasteiger partial charge in [-0.25, -0.2) is 9.78 Å². The van der Waals surface area contributed by atoms with Crippen molar-refractivity contribution < 1.29 is 9.53 Å². The Morgan fingerprint density at radius 3 is 2.87 bits per heavy atom. The van der Waals surface area contributed by atoms with Crippen molar-refractivity contribution >= 4 is 34.6 Å². The number of methoxy groups -OCH3 is 1. The molecule has 158 valence electrons. The van der Waals surface area contributed by atoms with Crippen LogP contribution in [0.3, 0.4) is 0 Å². The Bertz CT molecular complexity index is 1170. The Morgan fingerprint density at radius 2 is 2.17 bits per heavy atom. The molecule has 0 saturated carbocycles. The van der Waals surface area contributed by atoms with Gasteiger partial charge in [0.1, 0.15) is 16.7 Å². The van der Waals surface area contributed by atoms with Crippen LogP contribution in [-0.4, -0.2) is 46.7 Å². The molecular formula is C21H24ClN5O3. The maximum Gasteiger partial charge on any atom is 0.354 e. The average Bonchev–Trinajstić information content (AvgIpc) is 3.12. The van der Waals surface area contributed by atoms with Crippen molar-refractivity contribution in [2.24, 2.45) is 5.73 Å². The van der Waals surface area contributed by atoms with Crippen molar-refractivity contribution in [1.82, 2.24) is 14.5 Å². The summed E-state index contributed by atoms with van der Waals surface area (Å²) in [5.74, 6) is 0.0457. The number of anilines is 1. The standard InChI is InChI=1S/C21H24ClN5O3/c1-12-16-18(19(28)24-17(12)20(29)30-2)27(10-13-6-3-4-8-15(13)22)21(25-16)26-9-5-7-14(23)11-26/h3-4,6,8,14H,5,7,9-11,23H2,1-2H3,(H,24,28)/t14-/m1/s1. The summed E-state index contributed by atoms with van der Waals surface area (Å²) in [5, 5.41) is 0.611. The number of imidazole rings is 1. The van der Waals surface area contributed by atoms with Crippen molar-refractivity contribution in [1.29, 1.82) is 0 Å². The molecule has 1 fully saturated rings. The number of aromatic nitrogens is 3. The van der Waals surface area contributed by atoms with Crippen LogP contribution in [0.15, 0.2) is 29.1 Å². The fourth-order valence-electron chi connectivity index (χ4n) is 4.00. The Kier molecular flexibility index (Phi) is 5.53. The van der Waals surface area contributed by atoms with E-state index in [4.69, 9.17) is 27.1 Å². The molecule has 9 heteroatoms. The summed E-state index contributed by atoms with van der Waals surface area (Å²) in [6.07, 6.45) is 1.90. The minimum atomic E-state index is -0.603. The van der Waals surface area contributed by atoms with E-state index in [9.17, 15) is 9.59 Å². The van der Waals surface area contributed by atoms with E-state index in [-0.39, 0.29) is 11.7 Å². The maximum atomic E-state index is 13.0. The van der Waals surface area contributed by atoms with Gasteiger partial charge >= 0.3 is 5.97 Å². The Hall–Kier alpha value is -2.84. The van der Waals surface area contributed by atoms with Crippen LogP contribution in [0, 0.1) is 6.92 Å². The predicted octanol–water partition coefficient (Wildman–Crippen LogP) is 2.45. The number of halogens is 1. The third-order valence-corrected chi connectivity index (χ3v) is 5.92. The van der Waals surface area contributed by atoms with Gasteiger partial charge in [0.15, 0.2) is 0 Å². The monoisotopic (exact) mass is 429 g/mol. The van der Waals surface area contributed by atoms with Crippen LogP contribution in [0.1, 0.15) is 34.5 Å². The highest BCUT2D eigenvalue weighted by atomic mass is 35.5. The molecule has 0 amide bonds. The van der Waals surface area contributed by atoms with Gasteiger partial charge in [-0.05, 0) is 31.4 Å². The molecule has 2 aromatic heterocycles. The Morgan fingerprint density at radius 1 is 1.40 bits per heavy atom. The molecule has 0 aliphatic carbocycles. The van der Waals surface area contributed by atoms with Gasteiger partial charge in [-0.1, -0.05) is 29.8 Å². The van der Waals surface area contributed by atoms with Crippen LogP contribution < -0.4 is 16.2 Å². The average molecular weight is 430 g/mol. The number of aromatic amines is 1. The number of carbonyl (C=O) groups excluding carboxylic acids is 1. The van der Waals surface area contributed by atoms with Crippen molar-refractivity contribution in [3.8, 4) is 0 Å². The first-order valence-corrected chi connectivity index (χ1v) is 10.2. The number of benzene rings is 1. The van der Waals surface area contributed by atoms with E-state index in [0.717, 1.165) is 24.9 Å². The van der Waals surface area contributed by atoms with Crippen molar-refractivity contribution in [2.75, 3.05) is 25.1 Å². The number of hydrogen-bond donors (Lipinski definition) is 2. The van der Waals surface area contributed by atoms with Crippen LogP contribution in [-0.2, 0) is 11.3 Å². The molecule has 1 saturated heterocycles. The molecule has 4 rings (SSSR count). The number of nitrogens with two attached hydrogens (primary N) is 1. The molecule has 1 aliphatic heterocycles. The number of ether oxygens (including phenoxy) is 1. The van der Waals surface area contributed by atoms with Crippen LogP contribution >= 0.6 is 11.6 Å². The summed E-state index contributed by atoms with van der Waals surface area (Å²) >= 11 is 6.40. The lowest BCUT2D eigenvalue weighted by Crippen LogP contribution is -2.44. The fourth-order valence-corrected chi connectivity index (χ4v) is 4.20. The SMILES string of the molecule is COC(=O)c1[nH]c(=O)c2c(nc(N3CCC[C@@H](N)C3)n2Cc2ccccc2Cl)c1C. The molecular weight excluding hydrogens is 406 g/mol. The number of pyridine rings is 1. The van der Waals surface area contributed by atoms with E-state index in [0.29, 0.717) is 40.7 Å². The van der Waals surface area contributed by atoms with E-state index in [1.54, 1.807) is 6.92 Å². The normalized spacial score (nSPS) is 16.8. The smallest absolute Gasteiger partial charge is 0.354 e. The minimum absolute atomic E-state index is 0.0392. The second kappa shape index (κ2) is 8.12. The van der Waals surface area contributed by atoms with Gasteiger partial charge in [0.2, 0.25) is 5.95 Å². The highest BCUT2D eigenvalue weighted by molar-refractivity contribution is 6.31. The molecule has 30 heavy (non-hydrogen) atoms. The van der Waals surface area contributed by atoms with Crippen molar-refractivity contribution in [2.45, 2.75) is 32.4 Å². The molecule has 3 N–H and O–H groups in total. The fraction of sp³-hybridized carbons (Fsp3) is 0.381. The lowest BCUT2D eigenvalue weighted by atomic mass is 10.1. The van der Waals surface area contributed by atoms with E-state index < -0.39 is 11.5 Å². The van der Waals surface area contributed by atoms with Crippen molar-refractivity contribution in [3.05, 3.63) is 56.5 Å². The van der Waals surface area contributed by atoms with E-state index in [2.05, 4.69) is 9.88 Å². The summed E-state index contributed by atoms with van der Waals surface area (Å²) in [4.78, 5) is 34.7. The highest BCUT2D eigenvalue weighted by Crippen LogP contribution is 2.28. The highest BCUT2D eigenvalue weighted by Gasteiger charge is 2.27. The lowest BCUT2D eigenvalue weighted by molar-refractivity contribution is 0.0593. The minimum Gasteiger partial charge on any atom is -0.464 e. The molecule has 8 nitrogen and oxygen atoms in total. The number of carbonyl (C=O) groups is 1. The predicted molar refractivity (Wildman–Crippen MR) is 116 cm³/mol. The number of nitrogens with one attached hydrogen (secondary N) is 1. The second-order valence-electron chi connectivity index (χ2n) is 7.58. The Balaban J connectivity index is 1.95. The van der Waals surface area contributed by atoms with Gasteiger partial charge in [-0.2, -0.15) is 0 Å². The molecule has 1 atom stereocenters. The van der Waals surface area contributed by atoms with Gasteiger partial charge in [0.25, 0.3) is 5.56 Å². The zero-order valence-corrected chi connectivity index (χ0v) is 17.7. The van der Waals surface area contributed by atoms with Crippen LogP contribution in [0.4, 0.5) is 5.95 Å². The topological polar surface area (TPSA) is 106 Å². The zero-order valence-electron chi connectivity index (χ0n) is 16.9. The first-order valence-electron chi connectivity index (χ1n) is 9.86. The second-order valence-corrected chi connectivity index (χ2v) is 7.99. The number of esters is 1. The number of piperidine rings is 1. The van der Waals surface area contributed by atoms with Gasteiger partial charge in [0.05, 0.1) is 13.7 Å². The molecule has 0 unspecified atom stereocenters. The van der Waals surface area contributed by atoms with E-state index in [1.807, 2.05) is 28.8 Å². The van der Waals surface area contributed by atoms with E-state index >= 15 is 0 Å². The first kappa shape index (κ1) is 20.4. The number of hydrogen-bond acceptors (Lipinski definition) is 6.